The Balaban J connectivity index is 2.21. The molecule has 2 rings (SSSR count). The van der Waals surface area contributed by atoms with E-state index < -0.39 is 34.3 Å². The minimum Gasteiger partial charge on any atom is -0.350 e. The highest BCUT2D eigenvalue weighted by molar-refractivity contribution is 7.90. The number of anilines is 1. The molecule has 0 saturated heterocycles. The smallest absolute Gasteiger partial charge is 0.304 e. The van der Waals surface area contributed by atoms with Gasteiger partial charge in [-0.15, -0.1) is 0 Å². The highest BCUT2D eigenvalue weighted by atomic mass is 32.2. The summed E-state index contributed by atoms with van der Waals surface area (Å²) < 4.78 is 54.2. The monoisotopic (exact) mass is 383 g/mol. The van der Waals surface area contributed by atoms with Crippen LogP contribution in [0.15, 0.2) is 48.5 Å². The molecular weight excluding hydrogens is 364 g/mol. The second-order valence-electron chi connectivity index (χ2n) is 5.62. The molecule has 0 aliphatic heterocycles. The van der Waals surface area contributed by atoms with Crippen molar-refractivity contribution >= 4 is 21.8 Å². The lowest BCUT2D eigenvalue weighted by Crippen LogP contribution is -2.46. The predicted octanol–water partition coefficient (Wildman–Crippen LogP) is 1.89. The molecule has 0 heterocycles. The lowest BCUT2D eigenvalue weighted by atomic mass is 10.2. The summed E-state index contributed by atoms with van der Waals surface area (Å²) in [5.74, 6) is -1.96. The van der Waals surface area contributed by atoms with Gasteiger partial charge in [0.1, 0.15) is 18.2 Å². The number of hydrogen-bond acceptors (Lipinski definition) is 3. The number of carbonyl (C=O) groups excluding carboxylic acids is 1. The van der Waals surface area contributed by atoms with Crippen molar-refractivity contribution in [2.24, 2.45) is 0 Å². The van der Waals surface area contributed by atoms with Crippen LogP contribution in [0.5, 0.6) is 0 Å². The third-order valence-corrected chi connectivity index (χ3v) is 5.39. The molecule has 2 aromatic carbocycles. The Bertz CT molecular complexity index is 888. The van der Waals surface area contributed by atoms with Crippen molar-refractivity contribution in [2.75, 3.05) is 24.9 Å². The van der Waals surface area contributed by atoms with Crippen LogP contribution in [0.25, 0.3) is 0 Å². The lowest BCUT2D eigenvalue weighted by molar-refractivity contribution is -0.119. The zero-order valence-corrected chi connectivity index (χ0v) is 15.1. The SMILES string of the molecule is CN(C)S(=O)(=O)N(CC(=O)NCc1ccccc1F)c1ccccc1F. The molecule has 0 saturated carbocycles. The van der Waals surface area contributed by atoms with E-state index in [9.17, 15) is 22.0 Å². The summed E-state index contributed by atoms with van der Waals surface area (Å²) in [6, 6.07) is 11.1. The Kier molecular flexibility index (Phi) is 6.27. The predicted molar refractivity (Wildman–Crippen MR) is 94.6 cm³/mol. The van der Waals surface area contributed by atoms with Crippen molar-refractivity contribution in [3.63, 3.8) is 0 Å². The van der Waals surface area contributed by atoms with Crippen LogP contribution in [0.3, 0.4) is 0 Å². The molecule has 9 heteroatoms. The number of nitrogens with zero attached hydrogens (tertiary/aromatic N) is 2. The molecular formula is C17H19F2N3O3S. The summed E-state index contributed by atoms with van der Waals surface area (Å²) in [6.07, 6.45) is 0. The quantitative estimate of drug-likeness (QED) is 0.794. The van der Waals surface area contributed by atoms with Gasteiger partial charge in [-0.1, -0.05) is 30.3 Å². The molecule has 0 atom stereocenters. The fraction of sp³-hybridized carbons (Fsp3) is 0.235. The summed E-state index contributed by atoms with van der Waals surface area (Å²) in [7, 11) is -1.55. The average Bonchev–Trinajstić information content (AvgIpc) is 2.59. The van der Waals surface area contributed by atoms with Gasteiger partial charge in [0.2, 0.25) is 5.91 Å². The maximum Gasteiger partial charge on any atom is 0.304 e. The molecule has 26 heavy (non-hydrogen) atoms. The molecule has 0 aromatic heterocycles. The second-order valence-corrected chi connectivity index (χ2v) is 7.68. The minimum absolute atomic E-state index is 0.112. The van der Waals surface area contributed by atoms with Gasteiger partial charge < -0.3 is 5.32 Å². The van der Waals surface area contributed by atoms with Crippen LogP contribution >= 0.6 is 0 Å². The van der Waals surface area contributed by atoms with Gasteiger partial charge in [-0.3, -0.25) is 4.79 Å². The summed E-state index contributed by atoms with van der Waals surface area (Å²) >= 11 is 0. The Morgan fingerprint density at radius 2 is 1.58 bits per heavy atom. The number of carbonyl (C=O) groups is 1. The average molecular weight is 383 g/mol. The fourth-order valence-corrected chi connectivity index (χ4v) is 3.24. The zero-order chi connectivity index (χ0) is 19.3. The zero-order valence-electron chi connectivity index (χ0n) is 14.3. The van der Waals surface area contributed by atoms with Crippen molar-refractivity contribution in [2.45, 2.75) is 6.54 Å². The first-order valence-electron chi connectivity index (χ1n) is 7.68. The van der Waals surface area contributed by atoms with Gasteiger partial charge in [0.05, 0.1) is 5.69 Å². The Morgan fingerprint density at radius 3 is 2.15 bits per heavy atom. The van der Waals surface area contributed by atoms with Crippen molar-refractivity contribution < 1.29 is 22.0 Å². The molecule has 1 amide bonds. The van der Waals surface area contributed by atoms with E-state index in [2.05, 4.69) is 5.32 Å². The highest BCUT2D eigenvalue weighted by Crippen LogP contribution is 2.22. The molecule has 1 N–H and O–H groups in total. The van der Waals surface area contributed by atoms with Gasteiger partial charge in [-0.05, 0) is 18.2 Å². The van der Waals surface area contributed by atoms with Crippen molar-refractivity contribution in [1.29, 1.82) is 0 Å². The van der Waals surface area contributed by atoms with E-state index in [1.807, 2.05) is 0 Å². The number of nitrogens with one attached hydrogen (secondary N) is 1. The molecule has 0 spiro atoms. The molecule has 0 bridgehead atoms. The van der Waals surface area contributed by atoms with Crippen molar-refractivity contribution in [3.8, 4) is 0 Å². The molecule has 0 aliphatic carbocycles. The Morgan fingerprint density at radius 1 is 1.00 bits per heavy atom. The first-order chi connectivity index (χ1) is 12.2. The van der Waals surface area contributed by atoms with Crippen LogP contribution in [0, 0.1) is 11.6 Å². The second kappa shape index (κ2) is 8.24. The van der Waals surface area contributed by atoms with E-state index in [0.717, 1.165) is 10.4 Å². The van der Waals surface area contributed by atoms with Crippen LogP contribution in [0.2, 0.25) is 0 Å². The largest absolute Gasteiger partial charge is 0.350 e. The number of para-hydroxylation sites is 1. The third kappa shape index (κ3) is 4.55. The molecule has 6 nitrogen and oxygen atoms in total. The molecule has 0 unspecified atom stereocenters. The van der Waals surface area contributed by atoms with E-state index in [0.29, 0.717) is 4.31 Å². The highest BCUT2D eigenvalue weighted by Gasteiger charge is 2.29. The number of benzene rings is 2. The van der Waals surface area contributed by atoms with E-state index >= 15 is 0 Å². The molecule has 0 aliphatic rings. The number of amides is 1. The van der Waals surface area contributed by atoms with Gasteiger partial charge in [0, 0.05) is 26.2 Å². The Labute approximate surface area is 151 Å². The third-order valence-electron chi connectivity index (χ3n) is 3.58. The van der Waals surface area contributed by atoms with Crippen molar-refractivity contribution in [3.05, 3.63) is 65.7 Å². The van der Waals surface area contributed by atoms with Crippen molar-refractivity contribution in [1.82, 2.24) is 9.62 Å². The first kappa shape index (κ1) is 19.8. The summed E-state index contributed by atoms with van der Waals surface area (Å²) in [5.41, 5.74) is 0.0102. The first-order valence-corrected chi connectivity index (χ1v) is 9.08. The lowest BCUT2D eigenvalue weighted by Gasteiger charge is -2.27. The van der Waals surface area contributed by atoms with E-state index in [-0.39, 0.29) is 17.8 Å². The molecule has 0 radical (unpaired) electrons. The Hall–Kier alpha value is -2.52. The van der Waals surface area contributed by atoms with Gasteiger partial charge in [0.15, 0.2) is 0 Å². The van der Waals surface area contributed by atoms with Crippen LogP contribution < -0.4 is 9.62 Å². The normalized spacial score (nSPS) is 11.4. The summed E-state index contributed by atoms with van der Waals surface area (Å²) in [4.78, 5) is 12.2. The van der Waals surface area contributed by atoms with Crippen LogP contribution in [-0.4, -0.2) is 39.3 Å². The van der Waals surface area contributed by atoms with E-state index in [1.54, 1.807) is 6.07 Å². The van der Waals surface area contributed by atoms with Gasteiger partial charge >= 0.3 is 10.2 Å². The molecule has 140 valence electrons. The van der Waals surface area contributed by atoms with Gasteiger partial charge in [0.25, 0.3) is 0 Å². The van der Waals surface area contributed by atoms with E-state index in [4.69, 9.17) is 0 Å². The number of halogens is 2. The molecule has 0 fully saturated rings. The molecule has 2 aromatic rings. The maximum absolute atomic E-state index is 14.1. The van der Waals surface area contributed by atoms with Gasteiger partial charge in [-0.2, -0.15) is 12.7 Å². The van der Waals surface area contributed by atoms with Gasteiger partial charge in [-0.25, -0.2) is 13.1 Å². The number of hydrogen-bond donors (Lipinski definition) is 1. The summed E-state index contributed by atoms with van der Waals surface area (Å²) in [6.45, 7) is -0.755. The van der Waals surface area contributed by atoms with Crippen LogP contribution in [-0.2, 0) is 21.5 Å². The standard InChI is InChI=1S/C17H19F2N3O3S/c1-21(2)26(24,25)22(16-10-6-5-9-15(16)19)12-17(23)20-11-13-7-3-4-8-14(13)18/h3-10H,11-12H2,1-2H3,(H,20,23). The summed E-state index contributed by atoms with van der Waals surface area (Å²) in [5, 5.41) is 2.44. The fourth-order valence-electron chi connectivity index (χ4n) is 2.16. The number of rotatable bonds is 7. The minimum atomic E-state index is -4.11. The van der Waals surface area contributed by atoms with E-state index in [1.165, 1.54) is 50.5 Å². The van der Waals surface area contributed by atoms with Crippen LogP contribution in [0.4, 0.5) is 14.5 Å². The van der Waals surface area contributed by atoms with Crippen LogP contribution in [0.1, 0.15) is 5.56 Å². The topological polar surface area (TPSA) is 69.7 Å². The maximum atomic E-state index is 14.1.